The van der Waals surface area contributed by atoms with Gasteiger partial charge in [0.05, 0.1) is 11.3 Å². The highest BCUT2D eigenvalue weighted by Gasteiger charge is 2.40. The summed E-state index contributed by atoms with van der Waals surface area (Å²) in [6.07, 6.45) is 13.9. The molecule has 0 aliphatic heterocycles. The summed E-state index contributed by atoms with van der Waals surface area (Å²) in [5.41, 5.74) is 8.06. The molecule has 1 amide bonds. The average Bonchev–Trinajstić information content (AvgIpc) is 2.98. The van der Waals surface area contributed by atoms with E-state index in [0.717, 1.165) is 24.1 Å². The van der Waals surface area contributed by atoms with E-state index in [1.807, 2.05) is 17.9 Å². The van der Waals surface area contributed by atoms with Crippen LogP contribution in [0.15, 0.2) is 6.20 Å². The van der Waals surface area contributed by atoms with Gasteiger partial charge in [0.2, 0.25) is 0 Å². The van der Waals surface area contributed by atoms with Gasteiger partial charge < -0.3 is 11.1 Å². The predicted molar refractivity (Wildman–Crippen MR) is 98.3 cm³/mol. The third kappa shape index (κ3) is 3.48. The largest absolute Gasteiger partial charge is 0.349 e. The fraction of sp³-hybridized carbons (Fsp3) is 0.800. The van der Waals surface area contributed by atoms with Crippen LogP contribution in [-0.4, -0.2) is 27.8 Å². The first-order valence-electron chi connectivity index (χ1n) is 10.2. The van der Waals surface area contributed by atoms with E-state index in [0.29, 0.717) is 29.8 Å². The molecule has 3 aliphatic rings. The van der Waals surface area contributed by atoms with Crippen LogP contribution >= 0.6 is 0 Å². The lowest BCUT2D eigenvalue weighted by Gasteiger charge is -2.45. The van der Waals surface area contributed by atoms with Crippen molar-refractivity contribution in [1.82, 2.24) is 15.1 Å². The standard InChI is InChI=1S/C20H32N4O/c1-24-12-17(19(23-24)13-6-3-2-4-7-13)20(25)22-18-14-8-5-9-15(18)11-16(21)10-14/h12-16,18H,2-11,21H2,1H3,(H,22,25). The fourth-order valence-corrected chi connectivity index (χ4v) is 5.61. The Morgan fingerprint density at radius 2 is 1.80 bits per heavy atom. The molecule has 138 valence electrons. The fourth-order valence-electron chi connectivity index (χ4n) is 5.61. The van der Waals surface area contributed by atoms with Crippen molar-refractivity contribution in [2.45, 2.75) is 82.2 Å². The monoisotopic (exact) mass is 344 g/mol. The number of amides is 1. The van der Waals surface area contributed by atoms with Gasteiger partial charge in [0.1, 0.15) is 0 Å². The molecule has 1 aromatic heterocycles. The van der Waals surface area contributed by atoms with Crippen molar-refractivity contribution < 1.29 is 4.79 Å². The van der Waals surface area contributed by atoms with Crippen LogP contribution in [0.2, 0.25) is 0 Å². The number of fused-ring (bicyclic) bond motifs is 2. The van der Waals surface area contributed by atoms with E-state index in [2.05, 4.69) is 10.4 Å². The number of aryl methyl sites for hydroxylation is 1. The maximum Gasteiger partial charge on any atom is 0.255 e. The maximum absolute atomic E-state index is 13.1. The van der Waals surface area contributed by atoms with E-state index in [4.69, 9.17) is 5.73 Å². The highest BCUT2D eigenvalue weighted by molar-refractivity contribution is 5.95. The molecule has 4 rings (SSSR count). The molecule has 2 atom stereocenters. The first-order valence-corrected chi connectivity index (χ1v) is 10.2. The molecular formula is C20H32N4O. The van der Waals surface area contributed by atoms with Crippen LogP contribution in [0.4, 0.5) is 0 Å². The Morgan fingerprint density at radius 1 is 1.12 bits per heavy atom. The number of nitrogens with zero attached hydrogens (tertiary/aromatic N) is 2. The summed E-state index contributed by atoms with van der Waals surface area (Å²) in [4.78, 5) is 13.1. The number of aromatic nitrogens is 2. The molecule has 0 saturated heterocycles. The number of rotatable bonds is 3. The molecule has 3 N–H and O–H groups in total. The number of nitrogens with two attached hydrogens (primary N) is 1. The first-order chi connectivity index (χ1) is 12.1. The number of nitrogens with one attached hydrogen (secondary N) is 1. The number of hydrogen-bond donors (Lipinski definition) is 2. The third-order valence-electron chi connectivity index (χ3n) is 6.77. The number of hydrogen-bond acceptors (Lipinski definition) is 3. The maximum atomic E-state index is 13.1. The van der Waals surface area contributed by atoms with Crippen LogP contribution in [0.25, 0.3) is 0 Å². The highest BCUT2D eigenvalue weighted by Crippen LogP contribution is 2.40. The summed E-state index contributed by atoms with van der Waals surface area (Å²) in [7, 11) is 1.93. The van der Waals surface area contributed by atoms with Gasteiger partial charge in [-0.2, -0.15) is 5.10 Å². The van der Waals surface area contributed by atoms with Crippen molar-refractivity contribution in [2.24, 2.45) is 24.6 Å². The van der Waals surface area contributed by atoms with Crippen molar-refractivity contribution in [2.75, 3.05) is 0 Å². The van der Waals surface area contributed by atoms with Crippen molar-refractivity contribution in [3.63, 3.8) is 0 Å². The summed E-state index contributed by atoms with van der Waals surface area (Å²) < 4.78 is 1.82. The molecule has 3 saturated carbocycles. The molecule has 5 nitrogen and oxygen atoms in total. The van der Waals surface area contributed by atoms with Gasteiger partial charge in [0.15, 0.2) is 0 Å². The molecule has 0 radical (unpaired) electrons. The zero-order valence-corrected chi connectivity index (χ0v) is 15.4. The van der Waals surface area contributed by atoms with Crippen molar-refractivity contribution in [1.29, 1.82) is 0 Å². The van der Waals surface area contributed by atoms with Crippen LogP contribution in [0, 0.1) is 11.8 Å². The molecule has 2 bridgehead atoms. The van der Waals surface area contributed by atoms with Gasteiger partial charge in [-0.1, -0.05) is 25.7 Å². The zero-order chi connectivity index (χ0) is 17.4. The van der Waals surface area contributed by atoms with Gasteiger partial charge in [-0.25, -0.2) is 0 Å². The lowest BCUT2D eigenvalue weighted by atomic mass is 9.67. The minimum atomic E-state index is 0.0889. The molecule has 0 aromatic carbocycles. The molecule has 1 heterocycles. The van der Waals surface area contributed by atoms with Crippen LogP contribution in [0.5, 0.6) is 0 Å². The molecule has 25 heavy (non-hydrogen) atoms. The Labute approximate surface area is 150 Å². The van der Waals surface area contributed by atoms with E-state index in [9.17, 15) is 4.79 Å². The predicted octanol–water partition coefficient (Wildman–Crippen LogP) is 3.10. The van der Waals surface area contributed by atoms with E-state index in [1.165, 1.54) is 51.4 Å². The SMILES string of the molecule is Cn1cc(C(=O)NC2C3CCCC2CC(N)C3)c(C2CCCCC2)n1. The summed E-state index contributed by atoms with van der Waals surface area (Å²) in [5, 5.41) is 8.07. The average molecular weight is 345 g/mol. The van der Waals surface area contributed by atoms with E-state index >= 15 is 0 Å². The zero-order valence-electron chi connectivity index (χ0n) is 15.4. The van der Waals surface area contributed by atoms with Gasteiger partial charge in [-0.05, 0) is 50.4 Å². The molecule has 3 aliphatic carbocycles. The van der Waals surface area contributed by atoms with Crippen molar-refractivity contribution in [3.8, 4) is 0 Å². The Bertz CT molecular complexity index is 605. The molecule has 5 heteroatoms. The lowest BCUT2D eigenvalue weighted by molar-refractivity contribution is 0.0754. The van der Waals surface area contributed by atoms with Crippen molar-refractivity contribution >= 4 is 5.91 Å². The van der Waals surface area contributed by atoms with Crippen LogP contribution in [-0.2, 0) is 7.05 Å². The Morgan fingerprint density at radius 3 is 2.48 bits per heavy atom. The van der Waals surface area contributed by atoms with E-state index in [1.54, 1.807) is 0 Å². The van der Waals surface area contributed by atoms with Gasteiger partial charge in [0, 0.05) is 31.2 Å². The second-order valence-electron chi connectivity index (χ2n) is 8.62. The number of carbonyl (C=O) groups is 1. The van der Waals surface area contributed by atoms with Crippen LogP contribution in [0.1, 0.15) is 86.2 Å². The van der Waals surface area contributed by atoms with E-state index in [-0.39, 0.29) is 5.91 Å². The third-order valence-corrected chi connectivity index (χ3v) is 6.77. The summed E-state index contributed by atoms with van der Waals surface area (Å²) >= 11 is 0. The second-order valence-corrected chi connectivity index (χ2v) is 8.62. The molecule has 0 spiro atoms. The second kappa shape index (κ2) is 7.10. The van der Waals surface area contributed by atoms with E-state index < -0.39 is 0 Å². The van der Waals surface area contributed by atoms with Gasteiger partial charge in [-0.3, -0.25) is 9.48 Å². The molecule has 2 unspecified atom stereocenters. The smallest absolute Gasteiger partial charge is 0.255 e. The van der Waals surface area contributed by atoms with Crippen LogP contribution < -0.4 is 11.1 Å². The molecule has 1 aromatic rings. The highest BCUT2D eigenvalue weighted by atomic mass is 16.1. The number of carbonyl (C=O) groups excluding carboxylic acids is 1. The lowest BCUT2D eigenvalue weighted by Crippen LogP contribution is -2.53. The molecule has 3 fully saturated rings. The Hall–Kier alpha value is -1.36. The molecular weight excluding hydrogens is 312 g/mol. The quantitative estimate of drug-likeness (QED) is 0.885. The summed E-state index contributed by atoms with van der Waals surface area (Å²) in [6.45, 7) is 0. The van der Waals surface area contributed by atoms with Gasteiger partial charge >= 0.3 is 0 Å². The van der Waals surface area contributed by atoms with Crippen molar-refractivity contribution in [3.05, 3.63) is 17.5 Å². The normalized spacial score (nSPS) is 33.2. The van der Waals surface area contributed by atoms with Crippen LogP contribution in [0.3, 0.4) is 0 Å². The minimum absolute atomic E-state index is 0.0889. The Kier molecular flexibility index (Phi) is 4.85. The topological polar surface area (TPSA) is 72.9 Å². The minimum Gasteiger partial charge on any atom is -0.349 e. The Balaban J connectivity index is 1.51. The van der Waals surface area contributed by atoms with Gasteiger partial charge in [0.25, 0.3) is 5.91 Å². The van der Waals surface area contributed by atoms with Gasteiger partial charge in [-0.15, -0.1) is 0 Å². The summed E-state index contributed by atoms with van der Waals surface area (Å²) in [6, 6.07) is 0.625. The summed E-state index contributed by atoms with van der Waals surface area (Å²) in [5.74, 6) is 1.66. The first kappa shape index (κ1) is 17.1.